The predicted molar refractivity (Wildman–Crippen MR) is 168 cm³/mol. The minimum atomic E-state index is 0. The zero-order chi connectivity index (χ0) is 24.1. The Hall–Kier alpha value is -1.18. The third kappa shape index (κ3) is 10.8. The summed E-state index contributed by atoms with van der Waals surface area (Å²) < 4.78 is 0. The summed E-state index contributed by atoms with van der Waals surface area (Å²) in [6.07, 6.45) is 11.0. The van der Waals surface area contributed by atoms with E-state index in [1.807, 2.05) is 40.6 Å². The zero-order valence-electron chi connectivity index (χ0n) is 23.4. The molecular weight excluding hydrogens is 587 g/mol. The molecule has 0 aliphatic heterocycles. The Morgan fingerprint density at radius 3 is 1.89 bits per heavy atom. The van der Waals surface area contributed by atoms with Gasteiger partial charge in [-0.2, -0.15) is 35.4 Å². The van der Waals surface area contributed by atoms with Crippen LogP contribution in [-0.2, 0) is 43.5 Å². The largest absolute Gasteiger partial charge is 3.00 e. The summed E-state index contributed by atoms with van der Waals surface area (Å²) in [7, 11) is 1.90. The molecule has 0 spiro atoms. The Bertz CT molecular complexity index is 1130. The Morgan fingerprint density at radius 1 is 0.811 bits per heavy atom. The molecule has 0 N–H and O–H groups in total. The molecule has 0 atom stereocenters. The van der Waals surface area contributed by atoms with E-state index in [1.165, 1.54) is 38.6 Å². The van der Waals surface area contributed by atoms with E-state index in [0.717, 1.165) is 12.8 Å². The van der Waals surface area contributed by atoms with Crippen molar-refractivity contribution < 1.29 is 26.2 Å². The molecule has 0 aromatic heterocycles. The van der Waals surface area contributed by atoms with E-state index in [-0.39, 0.29) is 69.3 Å². The maximum Gasteiger partial charge on any atom is 3.00 e. The van der Waals surface area contributed by atoms with Crippen LogP contribution >= 0.6 is 24.8 Å². The quantitative estimate of drug-likeness (QED) is 0.136. The molecule has 37 heavy (non-hydrogen) atoms. The van der Waals surface area contributed by atoms with Crippen LogP contribution in [0.4, 0.5) is 0 Å². The molecule has 0 saturated carbocycles. The van der Waals surface area contributed by atoms with Crippen LogP contribution in [0.5, 0.6) is 0 Å². The van der Waals surface area contributed by atoms with Crippen molar-refractivity contribution in [1.29, 1.82) is 0 Å². The van der Waals surface area contributed by atoms with E-state index in [0.29, 0.717) is 0 Å². The summed E-state index contributed by atoms with van der Waals surface area (Å²) in [4.78, 5) is 0. The third-order valence-corrected chi connectivity index (χ3v) is 6.42. The fourth-order valence-corrected chi connectivity index (χ4v) is 4.35. The second kappa shape index (κ2) is 16.7. The van der Waals surface area contributed by atoms with Crippen LogP contribution in [0.15, 0.2) is 78.9 Å². The molecule has 3 aromatic rings. The average Bonchev–Trinajstić information content (AvgIpc) is 3.44. The van der Waals surface area contributed by atoms with Gasteiger partial charge in [0.05, 0.1) is 0 Å². The first kappa shape index (κ1) is 38.0. The average molecular weight is 629 g/mol. The second-order valence-electron chi connectivity index (χ2n) is 10.8. The van der Waals surface area contributed by atoms with Crippen LogP contribution in [0.2, 0.25) is 0 Å². The predicted octanol–water partition coefficient (Wildman–Crippen LogP) is 8.20. The van der Waals surface area contributed by atoms with Gasteiger partial charge in [0.2, 0.25) is 0 Å². The molecule has 0 unspecified atom stereocenters. The summed E-state index contributed by atoms with van der Waals surface area (Å²) in [5.74, 6) is 0. The Kier molecular flexibility index (Phi) is 17.1. The molecule has 0 fully saturated rings. The maximum atomic E-state index is 3.55. The van der Waals surface area contributed by atoms with E-state index >= 15 is 0 Å². The van der Waals surface area contributed by atoms with E-state index in [9.17, 15) is 0 Å². The fraction of sp³-hybridized carbons (Fsp3) is 0.303. The van der Waals surface area contributed by atoms with Crippen LogP contribution < -0.4 is 5.19 Å². The SMILES string of the molecule is CC(C)(C)c1c[c-]c2c(c1)-c1cccc(C(C)(C)C)c1C2.Cl.Cl.[C-]1=CC=CC1.[CH3-].[SiH2]c1ccccc1.[Zr+3]. The van der Waals surface area contributed by atoms with Crippen molar-refractivity contribution >= 4 is 40.2 Å². The summed E-state index contributed by atoms with van der Waals surface area (Å²) >= 11 is 0. The van der Waals surface area contributed by atoms with Crippen molar-refractivity contribution in [3.8, 4) is 11.1 Å². The van der Waals surface area contributed by atoms with Gasteiger partial charge >= 0.3 is 26.2 Å². The molecule has 2 radical (unpaired) electrons. The third-order valence-electron chi connectivity index (χ3n) is 5.95. The van der Waals surface area contributed by atoms with Crippen molar-refractivity contribution in [2.24, 2.45) is 0 Å². The van der Waals surface area contributed by atoms with E-state index in [4.69, 9.17) is 0 Å². The van der Waals surface area contributed by atoms with Gasteiger partial charge in [-0.3, -0.25) is 6.08 Å². The Balaban J connectivity index is 0. The van der Waals surface area contributed by atoms with E-state index < -0.39 is 0 Å². The van der Waals surface area contributed by atoms with Crippen molar-refractivity contribution in [3.63, 3.8) is 0 Å². The van der Waals surface area contributed by atoms with Crippen molar-refractivity contribution in [2.75, 3.05) is 0 Å². The van der Waals surface area contributed by atoms with Crippen LogP contribution in [0.1, 0.15) is 70.2 Å². The first-order valence-electron chi connectivity index (χ1n) is 11.8. The number of hydrogen-bond donors (Lipinski definition) is 0. The first-order chi connectivity index (χ1) is 15.6. The fourth-order valence-electron chi connectivity index (χ4n) is 4.07. The van der Waals surface area contributed by atoms with Gasteiger partial charge in [-0.05, 0) is 23.0 Å². The van der Waals surface area contributed by atoms with Gasteiger partial charge in [0.15, 0.2) is 0 Å². The minimum absolute atomic E-state index is 0. The molecule has 4 heteroatoms. The van der Waals surface area contributed by atoms with Gasteiger partial charge in [0.1, 0.15) is 0 Å². The van der Waals surface area contributed by atoms with Crippen molar-refractivity contribution in [1.82, 2.24) is 0 Å². The smallest absolute Gasteiger partial charge is 0.358 e. The molecule has 0 saturated heterocycles. The molecule has 0 nitrogen and oxygen atoms in total. The van der Waals surface area contributed by atoms with E-state index in [2.05, 4.69) is 102 Å². The van der Waals surface area contributed by atoms with Gasteiger partial charge in [0.25, 0.3) is 0 Å². The minimum Gasteiger partial charge on any atom is -0.358 e. The summed E-state index contributed by atoms with van der Waals surface area (Å²) in [6, 6.07) is 25.2. The zero-order valence-corrected chi connectivity index (χ0v) is 28.9. The molecular formula is C33H42Cl2SiZr. The molecule has 5 rings (SSSR count). The monoisotopic (exact) mass is 626 g/mol. The first-order valence-corrected chi connectivity index (χ1v) is 12.5. The number of hydrogen-bond acceptors (Lipinski definition) is 0. The van der Waals surface area contributed by atoms with Gasteiger partial charge < -0.3 is 7.43 Å². The number of halogens is 2. The van der Waals surface area contributed by atoms with Crippen molar-refractivity contribution in [3.05, 3.63) is 121 Å². The number of benzene rings is 3. The normalized spacial score (nSPS) is 12.0. The molecule has 3 aromatic carbocycles. The molecule has 196 valence electrons. The van der Waals surface area contributed by atoms with E-state index in [1.54, 1.807) is 0 Å². The van der Waals surface area contributed by atoms with Gasteiger partial charge in [-0.1, -0.05) is 106 Å². The van der Waals surface area contributed by atoms with Crippen LogP contribution in [-0.4, -0.2) is 10.2 Å². The molecule has 0 bridgehead atoms. The van der Waals surface area contributed by atoms with Gasteiger partial charge in [-0.15, -0.1) is 36.8 Å². The van der Waals surface area contributed by atoms with Gasteiger partial charge in [-0.25, -0.2) is 12.2 Å². The van der Waals surface area contributed by atoms with Crippen LogP contribution in [0.25, 0.3) is 11.1 Å². The number of allylic oxidation sites excluding steroid dienone is 4. The molecule has 2 aliphatic rings. The Labute approximate surface area is 261 Å². The van der Waals surface area contributed by atoms with Crippen molar-refractivity contribution in [2.45, 2.75) is 65.2 Å². The summed E-state index contributed by atoms with van der Waals surface area (Å²) in [5.41, 5.74) is 8.88. The Morgan fingerprint density at radius 2 is 1.46 bits per heavy atom. The second-order valence-corrected chi connectivity index (χ2v) is 11.6. The standard InChI is InChI=1S/C21H25.C6H7Si.C5H5.CH3.2ClH.Zr/c1-20(2,3)15-11-10-14-12-18-16(17(14)13-15)8-7-9-19(18)21(4,5)6;7-6-4-2-1-3-5-6;1-2-4-5-3-1;;;;/h7-9,11,13H,12H2,1-6H3;1-5H,7H2;1-3H,4H2;1H3;2*1H;/q-1;;2*-1;;;+3. The molecule has 2 aliphatic carbocycles. The summed E-state index contributed by atoms with van der Waals surface area (Å²) in [5, 5.41) is 1.35. The maximum absolute atomic E-state index is 3.55. The number of fused-ring (bicyclic) bond motifs is 3. The number of rotatable bonds is 0. The van der Waals surface area contributed by atoms with Crippen LogP contribution in [0, 0.1) is 19.6 Å². The summed E-state index contributed by atoms with van der Waals surface area (Å²) in [6.45, 7) is 13.7. The van der Waals surface area contributed by atoms with Gasteiger partial charge in [0, 0.05) is 10.2 Å². The van der Waals surface area contributed by atoms with Crippen LogP contribution in [0.3, 0.4) is 0 Å². The topological polar surface area (TPSA) is 0 Å². The molecule has 0 amide bonds. The molecule has 0 heterocycles.